The molecule has 0 aliphatic carbocycles. The quantitative estimate of drug-likeness (QED) is 0.907. The molecule has 0 unspecified atom stereocenters. The summed E-state index contributed by atoms with van der Waals surface area (Å²) in [6.45, 7) is 8.78. The van der Waals surface area contributed by atoms with Gasteiger partial charge in [0.2, 0.25) is 0 Å². The van der Waals surface area contributed by atoms with Crippen molar-refractivity contribution < 1.29 is 14.1 Å². The Balaban J connectivity index is 2.10. The minimum atomic E-state index is -0.278. The molecule has 0 radical (unpaired) electrons. The van der Waals surface area contributed by atoms with E-state index in [4.69, 9.17) is 9.26 Å². The molecule has 1 heterocycles. The lowest BCUT2D eigenvalue weighted by atomic mass is 10.1. The van der Waals surface area contributed by atoms with Crippen LogP contribution < -0.4 is 10.1 Å². The maximum atomic E-state index is 12.3. The molecule has 130 valence electrons. The molecule has 1 aromatic heterocycles. The molecular weight excluding hydrogens is 306 g/mol. The second kappa shape index (κ2) is 7.38. The lowest BCUT2D eigenvalue weighted by molar-refractivity contribution is 0.187. The number of hydrogen-bond acceptors (Lipinski definition) is 4. The summed E-state index contributed by atoms with van der Waals surface area (Å²) >= 11 is 0. The molecule has 2 aromatic rings. The van der Waals surface area contributed by atoms with Gasteiger partial charge in [-0.05, 0) is 39.8 Å². The lowest BCUT2D eigenvalue weighted by Crippen LogP contribution is -2.48. The van der Waals surface area contributed by atoms with E-state index in [1.807, 2.05) is 58.0 Å². The zero-order valence-corrected chi connectivity index (χ0v) is 14.9. The average molecular weight is 331 g/mol. The number of aromatic nitrogens is 1. The molecule has 0 saturated carbocycles. The van der Waals surface area contributed by atoms with Gasteiger partial charge in [-0.15, -0.1) is 0 Å². The van der Waals surface area contributed by atoms with Gasteiger partial charge in [-0.25, -0.2) is 4.79 Å². The van der Waals surface area contributed by atoms with E-state index in [0.29, 0.717) is 24.5 Å². The zero-order valence-electron chi connectivity index (χ0n) is 14.9. The third-order valence-electron chi connectivity index (χ3n) is 3.42. The summed E-state index contributed by atoms with van der Waals surface area (Å²) in [4.78, 5) is 14.0. The van der Waals surface area contributed by atoms with Gasteiger partial charge < -0.3 is 19.5 Å². The fraction of sp³-hybridized carbons (Fsp3) is 0.444. The molecule has 0 aliphatic rings. The summed E-state index contributed by atoms with van der Waals surface area (Å²) in [5.41, 5.74) is 1.31. The van der Waals surface area contributed by atoms with Crippen molar-refractivity contribution >= 4 is 6.03 Å². The molecule has 2 amide bonds. The second-order valence-corrected chi connectivity index (χ2v) is 6.61. The van der Waals surface area contributed by atoms with Crippen LogP contribution in [0.1, 0.15) is 33.4 Å². The predicted octanol–water partition coefficient (Wildman–Crippen LogP) is 3.68. The Hall–Kier alpha value is -2.50. The number of ether oxygens (including phenoxy) is 1. The van der Waals surface area contributed by atoms with E-state index in [1.165, 1.54) is 0 Å². The highest BCUT2D eigenvalue weighted by Crippen LogP contribution is 2.24. The van der Waals surface area contributed by atoms with E-state index in [-0.39, 0.29) is 11.6 Å². The summed E-state index contributed by atoms with van der Waals surface area (Å²) in [6, 6.07) is 9.31. The van der Waals surface area contributed by atoms with Gasteiger partial charge in [0, 0.05) is 23.7 Å². The van der Waals surface area contributed by atoms with Gasteiger partial charge in [0.05, 0.1) is 13.7 Å². The van der Waals surface area contributed by atoms with Gasteiger partial charge in [-0.2, -0.15) is 0 Å². The number of nitrogens with one attached hydrogen (secondary N) is 1. The number of hydrogen-bond donors (Lipinski definition) is 1. The van der Waals surface area contributed by atoms with Crippen LogP contribution in [0, 0.1) is 0 Å². The van der Waals surface area contributed by atoms with Crippen LogP contribution in [0.4, 0.5) is 4.79 Å². The first kappa shape index (κ1) is 17.8. The monoisotopic (exact) mass is 331 g/mol. The summed E-state index contributed by atoms with van der Waals surface area (Å²) < 4.78 is 10.6. The molecule has 6 heteroatoms. The highest BCUT2D eigenvalue weighted by molar-refractivity contribution is 5.75. The minimum absolute atomic E-state index is 0.115. The third-order valence-corrected chi connectivity index (χ3v) is 3.42. The van der Waals surface area contributed by atoms with Gasteiger partial charge in [-0.1, -0.05) is 17.3 Å². The molecule has 2 rings (SSSR count). The number of methoxy groups -OCH3 is 1. The Bertz CT molecular complexity index is 689. The molecule has 1 aromatic carbocycles. The van der Waals surface area contributed by atoms with Crippen LogP contribution in [-0.4, -0.2) is 35.3 Å². The van der Waals surface area contributed by atoms with Gasteiger partial charge in [-0.3, -0.25) is 0 Å². The van der Waals surface area contributed by atoms with Gasteiger partial charge in [0.25, 0.3) is 0 Å². The van der Waals surface area contributed by atoms with Crippen LogP contribution >= 0.6 is 0 Å². The maximum Gasteiger partial charge on any atom is 0.318 e. The van der Waals surface area contributed by atoms with Crippen molar-refractivity contribution in [1.82, 2.24) is 15.4 Å². The van der Waals surface area contributed by atoms with E-state index >= 15 is 0 Å². The van der Waals surface area contributed by atoms with Crippen molar-refractivity contribution in [2.24, 2.45) is 0 Å². The molecule has 24 heavy (non-hydrogen) atoms. The number of rotatable bonds is 5. The van der Waals surface area contributed by atoms with E-state index in [9.17, 15) is 4.79 Å². The van der Waals surface area contributed by atoms with E-state index in [2.05, 4.69) is 10.5 Å². The smallest absolute Gasteiger partial charge is 0.318 e. The minimum Gasteiger partial charge on any atom is -0.497 e. The number of carbonyl (C=O) groups is 1. The van der Waals surface area contributed by atoms with Crippen molar-refractivity contribution in [3.63, 3.8) is 0 Å². The summed E-state index contributed by atoms with van der Waals surface area (Å²) in [7, 11) is 1.62. The Kier molecular flexibility index (Phi) is 5.49. The molecular formula is C18H25N3O3. The van der Waals surface area contributed by atoms with Crippen molar-refractivity contribution in [3.8, 4) is 17.1 Å². The molecule has 0 saturated heterocycles. The van der Waals surface area contributed by atoms with Crippen molar-refractivity contribution in [1.29, 1.82) is 0 Å². The van der Waals surface area contributed by atoms with E-state index < -0.39 is 0 Å². The number of urea groups is 1. The Morgan fingerprint density at radius 3 is 2.71 bits per heavy atom. The summed E-state index contributed by atoms with van der Waals surface area (Å²) in [6.07, 6.45) is 0. The third kappa shape index (κ3) is 4.75. The fourth-order valence-electron chi connectivity index (χ4n) is 2.22. The highest BCUT2D eigenvalue weighted by Gasteiger charge is 2.20. The van der Waals surface area contributed by atoms with Crippen LogP contribution in [0.2, 0.25) is 0 Å². The van der Waals surface area contributed by atoms with Gasteiger partial charge in [0.1, 0.15) is 11.4 Å². The Labute approximate surface area is 142 Å². The van der Waals surface area contributed by atoms with Gasteiger partial charge >= 0.3 is 6.03 Å². The molecule has 0 atom stereocenters. The molecule has 0 spiro atoms. The topological polar surface area (TPSA) is 67.6 Å². The second-order valence-electron chi connectivity index (χ2n) is 6.61. The van der Waals surface area contributed by atoms with Crippen LogP contribution in [0.25, 0.3) is 11.3 Å². The van der Waals surface area contributed by atoms with E-state index in [0.717, 1.165) is 11.3 Å². The Morgan fingerprint density at radius 1 is 1.33 bits per heavy atom. The van der Waals surface area contributed by atoms with Crippen LogP contribution in [0.3, 0.4) is 0 Å². The van der Waals surface area contributed by atoms with Crippen LogP contribution in [0.15, 0.2) is 34.9 Å². The molecule has 0 aliphatic heterocycles. The number of amides is 2. The first-order valence-corrected chi connectivity index (χ1v) is 7.99. The molecule has 6 nitrogen and oxygen atoms in total. The number of benzene rings is 1. The van der Waals surface area contributed by atoms with Crippen LogP contribution in [0.5, 0.6) is 5.75 Å². The van der Waals surface area contributed by atoms with Crippen molar-refractivity contribution in [3.05, 3.63) is 36.0 Å². The molecule has 1 N–H and O–H groups in total. The predicted molar refractivity (Wildman–Crippen MR) is 92.9 cm³/mol. The standard InChI is InChI=1S/C18H25N3O3/c1-6-21(17(22)19-18(2,3)4)12-14-11-16(24-20-14)13-8-7-9-15(10-13)23-5/h7-11H,6,12H2,1-5H3,(H,19,22). The maximum absolute atomic E-state index is 12.3. The SMILES string of the molecule is CCN(Cc1cc(-c2cccc(OC)c2)on1)C(=O)NC(C)(C)C. The van der Waals surface area contributed by atoms with Gasteiger partial charge in [0.15, 0.2) is 5.76 Å². The average Bonchev–Trinajstić information content (AvgIpc) is 2.99. The summed E-state index contributed by atoms with van der Waals surface area (Å²) in [5, 5.41) is 7.03. The van der Waals surface area contributed by atoms with E-state index in [1.54, 1.807) is 12.0 Å². The number of carbonyl (C=O) groups excluding carboxylic acids is 1. The van der Waals surface area contributed by atoms with Crippen molar-refractivity contribution in [2.75, 3.05) is 13.7 Å². The Morgan fingerprint density at radius 2 is 2.08 bits per heavy atom. The first-order valence-electron chi connectivity index (χ1n) is 7.99. The van der Waals surface area contributed by atoms with Crippen LogP contribution in [-0.2, 0) is 6.54 Å². The zero-order chi connectivity index (χ0) is 17.7. The first-order chi connectivity index (χ1) is 11.3. The fourth-order valence-corrected chi connectivity index (χ4v) is 2.22. The van der Waals surface area contributed by atoms with Crippen molar-refractivity contribution in [2.45, 2.75) is 39.8 Å². The number of nitrogens with zero attached hydrogens (tertiary/aromatic N) is 2. The molecule has 0 bridgehead atoms. The lowest BCUT2D eigenvalue weighted by Gasteiger charge is -2.27. The summed E-state index contributed by atoms with van der Waals surface area (Å²) in [5.74, 6) is 1.40. The highest BCUT2D eigenvalue weighted by atomic mass is 16.5. The normalized spacial score (nSPS) is 11.2. The largest absolute Gasteiger partial charge is 0.497 e. The molecule has 0 fully saturated rings.